The first-order valence-corrected chi connectivity index (χ1v) is 6.39. The maximum absolute atomic E-state index is 9.38. The van der Waals surface area contributed by atoms with Gasteiger partial charge in [-0.3, -0.25) is 0 Å². The summed E-state index contributed by atoms with van der Waals surface area (Å²) in [6.45, 7) is 3.84. The fourth-order valence-electron chi connectivity index (χ4n) is 2.44. The second kappa shape index (κ2) is 5.14. The molecule has 1 heterocycles. The highest BCUT2D eigenvalue weighted by Crippen LogP contribution is 2.38. The second-order valence-corrected chi connectivity index (χ2v) is 5.04. The highest BCUT2D eigenvalue weighted by molar-refractivity contribution is 5.02. The first-order valence-electron chi connectivity index (χ1n) is 6.39. The van der Waals surface area contributed by atoms with E-state index in [1.54, 1.807) is 6.92 Å². The minimum Gasteiger partial charge on any atom is -0.391 e. The molecule has 0 saturated heterocycles. The van der Waals surface area contributed by atoms with Crippen molar-refractivity contribution in [3.63, 3.8) is 0 Å². The van der Waals surface area contributed by atoms with Crippen molar-refractivity contribution in [2.75, 3.05) is 0 Å². The molecule has 0 bridgehead atoms. The van der Waals surface area contributed by atoms with Gasteiger partial charge in [-0.05, 0) is 32.1 Å². The molecule has 0 spiro atoms. The third-order valence-corrected chi connectivity index (χ3v) is 3.75. The first-order chi connectivity index (χ1) is 8.11. The van der Waals surface area contributed by atoms with Gasteiger partial charge in [0, 0.05) is 5.92 Å². The lowest BCUT2D eigenvalue weighted by Gasteiger charge is -2.08. The van der Waals surface area contributed by atoms with Crippen LogP contribution in [0.2, 0.25) is 0 Å². The van der Waals surface area contributed by atoms with Crippen molar-refractivity contribution in [3.05, 3.63) is 11.7 Å². The summed E-state index contributed by atoms with van der Waals surface area (Å²) in [5.74, 6) is 2.29. The van der Waals surface area contributed by atoms with Crippen LogP contribution in [0.25, 0.3) is 0 Å². The Morgan fingerprint density at radius 1 is 1.53 bits per heavy atom. The Kier molecular flexibility index (Phi) is 3.79. The standard InChI is InChI=1S/C12H21N3O2/c1-3-8-4-5-9(6-8)11-14-12(17-15-11)10(13)7(2)16/h7-10,16H,3-6,13H2,1-2H3/t7-,8?,9?,10+/m1/s1. The van der Waals surface area contributed by atoms with Crippen LogP contribution in [0, 0.1) is 5.92 Å². The lowest BCUT2D eigenvalue weighted by molar-refractivity contribution is 0.146. The molecule has 4 atom stereocenters. The van der Waals surface area contributed by atoms with Crippen molar-refractivity contribution in [2.45, 2.75) is 57.6 Å². The van der Waals surface area contributed by atoms with Crippen molar-refractivity contribution in [1.29, 1.82) is 0 Å². The number of aromatic nitrogens is 2. The lowest BCUT2D eigenvalue weighted by Crippen LogP contribution is -2.23. The van der Waals surface area contributed by atoms with Gasteiger partial charge in [0.2, 0.25) is 5.89 Å². The zero-order chi connectivity index (χ0) is 12.4. The summed E-state index contributed by atoms with van der Waals surface area (Å²) in [5.41, 5.74) is 5.76. The van der Waals surface area contributed by atoms with Crippen molar-refractivity contribution >= 4 is 0 Å². The third kappa shape index (κ3) is 2.66. The van der Waals surface area contributed by atoms with Gasteiger partial charge in [-0.25, -0.2) is 0 Å². The molecule has 0 aliphatic heterocycles. The summed E-state index contributed by atoms with van der Waals surface area (Å²) in [4.78, 5) is 4.32. The molecule has 1 fully saturated rings. The number of nitrogens with two attached hydrogens (primary N) is 1. The molecule has 0 amide bonds. The van der Waals surface area contributed by atoms with Gasteiger partial charge in [0.15, 0.2) is 5.82 Å². The lowest BCUT2D eigenvalue weighted by atomic mass is 10.0. The molecule has 17 heavy (non-hydrogen) atoms. The molecule has 5 heteroatoms. The van der Waals surface area contributed by atoms with E-state index in [0.29, 0.717) is 11.8 Å². The zero-order valence-electron chi connectivity index (χ0n) is 10.5. The highest BCUT2D eigenvalue weighted by atomic mass is 16.5. The van der Waals surface area contributed by atoms with Crippen LogP contribution in [0.3, 0.4) is 0 Å². The monoisotopic (exact) mass is 239 g/mol. The van der Waals surface area contributed by atoms with Gasteiger partial charge in [0.1, 0.15) is 6.04 Å². The van der Waals surface area contributed by atoms with Crippen molar-refractivity contribution in [2.24, 2.45) is 11.7 Å². The van der Waals surface area contributed by atoms with Gasteiger partial charge >= 0.3 is 0 Å². The van der Waals surface area contributed by atoms with E-state index in [1.807, 2.05) is 0 Å². The van der Waals surface area contributed by atoms with E-state index in [0.717, 1.165) is 24.6 Å². The molecule has 96 valence electrons. The van der Waals surface area contributed by atoms with Crippen LogP contribution in [0.15, 0.2) is 4.52 Å². The third-order valence-electron chi connectivity index (χ3n) is 3.75. The Balaban J connectivity index is 2.04. The Morgan fingerprint density at radius 3 is 2.88 bits per heavy atom. The summed E-state index contributed by atoms with van der Waals surface area (Å²) < 4.78 is 5.12. The Bertz CT molecular complexity index is 364. The fraction of sp³-hybridized carbons (Fsp3) is 0.833. The molecular formula is C12H21N3O2. The molecule has 1 aliphatic rings. The molecule has 1 aromatic rings. The fourth-order valence-corrected chi connectivity index (χ4v) is 2.44. The Morgan fingerprint density at radius 2 is 2.29 bits per heavy atom. The molecule has 5 nitrogen and oxygen atoms in total. The van der Waals surface area contributed by atoms with Crippen LogP contribution in [-0.2, 0) is 0 Å². The Labute approximate surface area is 101 Å². The van der Waals surface area contributed by atoms with Gasteiger partial charge in [0.25, 0.3) is 0 Å². The van der Waals surface area contributed by atoms with E-state index in [-0.39, 0.29) is 0 Å². The van der Waals surface area contributed by atoms with Crippen LogP contribution in [0.4, 0.5) is 0 Å². The molecule has 1 aromatic heterocycles. The maximum Gasteiger partial charge on any atom is 0.246 e. The SMILES string of the molecule is CCC1CCC(c2noc([C@@H](N)[C@@H](C)O)n2)C1. The van der Waals surface area contributed by atoms with Crippen LogP contribution in [-0.4, -0.2) is 21.4 Å². The number of aliphatic hydroxyl groups is 1. The van der Waals surface area contributed by atoms with Crippen LogP contribution in [0.1, 0.15) is 63.2 Å². The summed E-state index contributed by atoms with van der Waals surface area (Å²) in [6, 6.07) is -0.584. The van der Waals surface area contributed by atoms with Gasteiger partial charge < -0.3 is 15.4 Å². The predicted octanol–water partition coefficient (Wildman–Crippen LogP) is 1.74. The molecule has 1 aliphatic carbocycles. The number of aliphatic hydroxyl groups excluding tert-OH is 1. The molecule has 0 radical (unpaired) electrons. The number of hydrogen-bond donors (Lipinski definition) is 2. The quantitative estimate of drug-likeness (QED) is 0.836. The minimum atomic E-state index is -0.671. The average molecular weight is 239 g/mol. The maximum atomic E-state index is 9.38. The average Bonchev–Trinajstić information content (AvgIpc) is 2.96. The Hall–Kier alpha value is -0.940. The van der Waals surface area contributed by atoms with E-state index in [1.165, 1.54) is 12.8 Å². The molecule has 2 rings (SSSR count). The minimum absolute atomic E-state index is 0.343. The summed E-state index contributed by atoms with van der Waals surface area (Å²) in [6.07, 6.45) is 4.05. The van der Waals surface area contributed by atoms with Crippen LogP contribution in [0.5, 0.6) is 0 Å². The highest BCUT2D eigenvalue weighted by Gasteiger charge is 2.29. The van der Waals surface area contributed by atoms with Gasteiger partial charge in [0.05, 0.1) is 6.10 Å². The van der Waals surface area contributed by atoms with E-state index >= 15 is 0 Å². The summed E-state index contributed by atoms with van der Waals surface area (Å²) >= 11 is 0. The topological polar surface area (TPSA) is 85.2 Å². The summed E-state index contributed by atoms with van der Waals surface area (Å²) in [7, 11) is 0. The van der Waals surface area contributed by atoms with Crippen molar-refractivity contribution in [1.82, 2.24) is 10.1 Å². The summed E-state index contributed by atoms with van der Waals surface area (Å²) in [5, 5.41) is 13.4. The van der Waals surface area contributed by atoms with Crippen molar-refractivity contribution < 1.29 is 9.63 Å². The molecular weight excluding hydrogens is 218 g/mol. The van der Waals surface area contributed by atoms with E-state index in [2.05, 4.69) is 17.1 Å². The van der Waals surface area contributed by atoms with Crippen molar-refractivity contribution in [3.8, 4) is 0 Å². The zero-order valence-corrected chi connectivity index (χ0v) is 10.5. The van der Waals surface area contributed by atoms with E-state index in [4.69, 9.17) is 10.3 Å². The normalized spacial score (nSPS) is 28.2. The molecule has 1 saturated carbocycles. The largest absolute Gasteiger partial charge is 0.391 e. The van der Waals surface area contributed by atoms with Gasteiger partial charge in [-0.2, -0.15) is 4.98 Å². The number of nitrogens with zero attached hydrogens (tertiary/aromatic N) is 2. The smallest absolute Gasteiger partial charge is 0.246 e. The first kappa shape index (κ1) is 12.5. The van der Waals surface area contributed by atoms with E-state index in [9.17, 15) is 5.11 Å². The molecule has 0 aromatic carbocycles. The van der Waals surface area contributed by atoms with Gasteiger partial charge in [-0.1, -0.05) is 18.5 Å². The van der Waals surface area contributed by atoms with E-state index < -0.39 is 12.1 Å². The molecule has 3 N–H and O–H groups in total. The second-order valence-electron chi connectivity index (χ2n) is 5.04. The molecule has 2 unspecified atom stereocenters. The van der Waals surface area contributed by atoms with Crippen LogP contribution >= 0.6 is 0 Å². The predicted molar refractivity (Wildman–Crippen MR) is 63.3 cm³/mol. The number of hydrogen-bond acceptors (Lipinski definition) is 5. The number of rotatable bonds is 4. The van der Waals surface area contributed by atoms with Gasteiger partial charge in [-0.15, -0.1) is 0 Å². The van der Waals surface area contributed by atoms with Crippen LogP contribution < -0.4 is 5.73 Å².